The van der Waals surface area contributed by atoms with Gasteiger partial charge in [-0.3, -0.25) is 19.2 Å². The number of carbonyl (C=O) groups excluding carboxylic acids is 4. The Kier molecular flexibility index (Phi) is 8.81. The molecule has 0 aliphatic heterocycles. The summed E-state index contributed by atoms with van der Waals surface area (Å²) in [5.74, 6) is -4.40. The molecule has 49 heavy (non-hydrogen) atoms. The lowest BCUT2D eigenvalue weighted by Gasteiger charge is -2.61. The van der Waals surface area contributed by atoms with Crippen LogP contribution in [0.1, 0.15) is 93.4 Å². The van der Waals surface area contributed by atoms with Gasteiger partial charge in [-0.1, -0.05) is 108 Å². The van der Waals surface area contributed by atoms with E-state index in [1.165, 1.54) is 6.92 Å². The molecule has 1 fully saturated rings. The third kappa shape index (κ3) is 5.38. The normalized spacial score (nSPS) is 27.9. The molecule has 7 nitrogen and oxygen atoms in total. The zero-order chi connectivity index (χ0) is 35.5. The fourth-order valence-corrected chi connectivity index (χ4v) is 9.24. The molecule has 5 atom stereocenters. The summed E-state index contributed by atoms with van der Waals surface area (Å²) >= 11 is 0. The molecule has 3 aliphatic rings. The number of allylic oxidation sites excluding steroid dienone is 1. The summed E-state index contributed by atoms with van der Waals surface area (Å²) in [7, 11) is 0. The van der Waals surface area contributed by atoms with Gasteiger partial charge in [0.25, 0.3) is 0 Å². The van der Waals surface area contributed by atoms with E-state index < -0.39 is 51.4 Å². The van der Waals surface area contributed by atoms with Crippen LogP contribution in [0, 0.1) is 28.6 Å². The highest BCUT2D eigenvalue weighted by atomic mass is 16.5. The zero-order valence-electron chi connectivity index (χ0n) is 29.5. The summed E-state index contributed by atoms with van der Waals surface area (Å²) in [6.07, 6.45) is 0.567. The van der Waals surface area contributed by atoms with Crippen molar-refractivity contribution in [1.29, 1.82) is 0 Å². The van der Waals surface area contributed by atoms with Gasteiger partial charge in [0.2, 0.25) is 5.78 Å². The Bertz CT molecular complexity index is 1860. The molecular weight excluding hydrogens is 616 g/mol. The van der Waals surface area contributed by atoms with Crippen molar-refractivity contribution in [2.75, 3.05) is 0 Å². The van der Waals surface area contributed by atoms with Crippen molar-refractivity contribution >= 4 is 23.1 Å². The molecule has 0 spiro atoms. The van der Waals surface area contributed by atoms with E-state index in [2.05, 4.69) is 13.8 Å². The molecule has 0 heterocycles. The van der Waals surface area contributed by atoms with E-state index in [1.807, 2.05) is 87.5 Å². The molecule has 0 saturated heterocycles. The second-order valence-electron chi connectivity index (χ2n) is 15.4. The number of hydrogen-bond acceptors (Lipinski definition) is 7. The number of hydrogen-bond donors (Lipinski definition) is 1. The van der Waals surface area contributed by atoms with Crippen molar-refractivity contribution in [1.82, 2.24) is 0 Å². The summed E-state index contributed by atoms with van der Waals surface area (Å²) in [6.45, 7) is 13.3. The van der Waals surface area contributed by atoms with Crippen LogP contribution in [0.4, 0.5) is 0 Å². The van der Waals surface area contributed by atoms with E-state index in [-0.39, 0.29) is 42.8 Å². The van der Waals surface area contributed by atoms with Gasteiger partial charge in [0.15, 0.2) is 23.0 Å². The highest BCUT2D eigenvalue weighted by Gasteiger charge is 2.74. The van der Waals surface area contributed by atoms with Crippen molar-refractivity contribution in [3.8, 4) is 5.75 Å². The van der Waals surface area contributed by atoms with Crippen LogP contribution >= 0.6 is 0 Å². The third-order valence-electron chi connectivity index (χ3n) is 11.2. The number of ketones is 4. The van der Waals surface area contributed by atoms with E-state index in [0.717, 1.165) is 22.3 Å². The largest absolute Gasteiger partial charge is 0.492 e. The van der Waals surface area contributed by atoms with Crippen LogP contribution in [0.5, 0.6) is 5.75 Å². The number of aliphatic hydroxyl groups is 1. The number of Topliss-reactive ketones (excluding diaryl/α,β-unsaturated/α-hetero) is 4. The van der Waals surface area contributed by atoms with E-state index in [9.17, 15) is 24.3 Å². The minimum atomic E-state index is -2.61. The Morgan fingerprint density at radius 2 is 1.43 bits per heavy atom. The average molecular weight is 663 g/mol. The minimum absolute atomic E-state index is 0.0930. The number of ether oxygens (including phenoxy) is 2. The highest BCUT2D eigenvalue weighted by molar-refractivity contribution is 6.33. The van der Waals surface area contributed by atoms with Crippen LogP contribution in [0.25, 0.3) is 0 Å². The predicted molar refractivity (Wildman–Crippen MR) is 186 cm³/mol. The van der Waals surface area contributed by atoms with E-state index in [0.29, 0.717) is 17.7 Å². The lowest BCUT2D eigenvalue weighted by molar-refractivity contribution is -0.196. The van der Waals surface area contributed by atoms with Gasteiger partial charge in [-0.15, -0.1) is 0 Å². The Hall–Kier alpha value is -4.36. The first-order valence-corrected chi connectivity index (χ1v) is 17.3. The second kappa shape index (κ2) is 12.5. The molecule has 1 saturated carbocycles. The molecule has 0 radical (unpaired) electrons. The number of benzene rings is 3. The topological polar surface area (TPSA) is 107 Å². The SMILES string of the molecule is CC(=O)C1=C(OCc2ccccc2)C(C(C)C)[C@@]2(C)C[C@@]3(C)Cc4c(C(C)C)ccc(OCc5ccccc5)c4C(=O)C3C(=O)[C@@]2(O)C1=O. The van der Waals surface area contributed by atoms with Gasteiger partial charge in [0, 0.05) is 11.3 Å². The Labute approximate surface area is 288 Å². The van der Waals surface area contributed by atoms with Gasteiger partial charge in [0.1, 0.15) is 30.3 Å². The maximum absolute atomic E-state index is 15.0. The zero-order valence-corrected chi connectivity index (χ0v) is 29.5. The van der Waals surface area contributed by atoms with Crippen molar-refractivity contribution < 1.29 is 33.8 Å². The molecule has 7 heteroatoms. The molecule has 0 aromatic heterocycles. The maximum atomic E-state index is 15.0. The lowest BCUT2D eigenvalue weighted by atomic mass is 9.41. The molecule has 1 N–H and O–H groups in total. The predicted octanol–water partition coefficient (Wildman–Crippen LogP) is 7.38. The van der Waals surface area contributed by atoms with Gasteiger partial charge in [-0.05, 0) is 65.3 Å². The monoisotopic (exact) mass is 662 g/mol. The first-order valence-electron chi connectivity index (χ1n) is 17.3. The van der Waals surface area contributed by atoms with Crippen LogP contribution in [-0.4, -0.2) is 33.8 Å². The summed E-state index contributed by atoms with van der Waals surface area (Å²) in [5, 5.41) is 12.7. The smallest absolute Gasteiger partial charge is 0.209 e. The number of rotatable bonds is 9. The van der Waals surface area contributed by atoms with Crippen LogP contribution in [0.3, 0.4) is 0 Å². The summed E-state index contributed by atoms with van der Waals surface area (Å²) < 4.78 is 12.7. The van der Waals surface area contributed by atoms with Crippen molar-refractivity contribution in [2.24, 2.45) is 28.6 Å². The Morgan fingerprint density at radius 3 is 1.96 bits per heavy atom. The fourth-order valence-electron chi connectivity index (χ4n) is 9.24. The molecule has 0 bridgehead atoms. The first-order chi connectivity index (χ1) is 23.2. The van der Waals surface area contributed by atoms with E-state index in [1.54, 1.807) is 13.0 Å². The molecule has 2 unspecified atom stereocenters. The average Bonchev–Trinajstić information content (AvgIpc) is 3.04. The Balaban J connectivity index is 1.49. The molecular formula is C42H46O7. The number of fused-ring (bicyclic) bond motifs is 3. The second-order valence-corrected chi connectivity index (χ2v) is 15.4. The quantitative estimate of drug-likeness (QED) is 0.188. The summed E-state index contributed by atoms with van der Waals surface area (Å²) in [4.78, 5) is 57.6. The third-order valence-corrected chi connectivity index (χ3v) is 11.2. The van der Waals surface area contributed by atoms with Crippen LogP contribution < -0.4 is 4.74 Å². The van der Waals surface area contributed by atoms with Crippen molar-refractivity contribution in [3.63, 3.8) is 0 Å². The van der Waals surface area contributed by atoms with Gasteiger partial charge in [0.05, 0.1) is 11.5 Å². The molecule has 3 aromatic rings. The molecule has 3 aromatic carbocycles. The van der Waals surface area contributed by atoms with Gasteiger partial charge in [-0.2, -0.15) is 0 Å². The van der Waals surface area contributed by atoms with Crippen molar-refractivity contribution in [3.05, 3.63) is 112 Å². The van der Waals surface area contributed by atoms with Gasteiger partial charge < -0.3 is 14.6 Å². The van der Waals surface area contributed by atoms with Crippen LogP contribution in [-0.2, 0) is 38.8 Å². The van der Waals surface area contributed by atoms with Crippen LogP contribution in [0.15, 0.2) is 84.1 Å². The van der Waals surface area contributed by atoms with E-state index >= 15 is 0 Å². The molecule has 3 aliphatic carbocycles. The van der Waals surface area contributed by atoms with Crippen molar-refractivity contribution in [2.45, 2.75) is 86.0 Å². The molecule has 6 rings (SSSR count). The molecule has 256 valence electrons. The van der Waals surface area contributed by atoms with Crippen LogP contribution in [0.2, 0.25) is 0 Å². The summed E-state index contributed by atoms with van der Waals surface area (Å²) in [6, 6.07) is 22.9. The maximum Gasteiger partial charge on any atom is 0.209 e. The molecule has 0 amide bonds. The van der Waals surface area contributed by atoms with E-state index in [4.69, 9.17) is 9.47 Å². The fraction of sp³-hybridized carbons (Fsp3) is 0.429. The lowest BCUT2D eigenvalue weighted by Crippen LogP contribution is -2.73. The standard InChI is InChI=1S/C42H46O7/c1-24(2)29-18-19-31(48-21-27-14-10-8-11-15-27)33-30(29)20-40(6)23-41(7)34(25(3)4)37(49-22-28-16-12-9-13-17-28)32(26(5)43)38(45)42(41,47)39(46)35(40)36(33)44/h8-19,24-25,34-35,47H,20-23H2,1-7H3/t34?,35?,40-,41-,42+/m1/s1. The van der Waals surface area contributed by atoms with Gasteiger partial charge >= 0.3 is 0 Å². The van der Waals surface area contributed by atoms with Gasteiger partial charge in [-0.25, -0.2) is 0 Å². The summed E-state index contributed by atoms with van der Waals surface area (Å²) in [5.41, 5.74) is -1.26. The first kappa shape index (κ1) is 34.5. The number of carbonyl (C=O) groups is 4. The highest BCUT2D eigenvalue weighted by Crippen LogP contribution is 2.65. The Morgan fingerprint density at radius 1 is 0.857 bits per heavy atom. The minimum Gasteiger partial charge on any atom is -0.492 e.